The maximum atomic E-state index is 12.7. The number of halogens is 2. The highest BCUT2D eigenvalue weighted by atomic mass is 35.5. The van der Waals surface area contributed by atoms with Crippen LogP contribution in [0.25, 0.3) is 6.08 Å². The van der Waals surface area contributed by atoms with Crippen molar-refractivity contribution < 1.29 is 19.3 Å². The van der Waals surface area contributed by atoms with Gasteiger partial charge < -0.3 is 0 Å². The maximum absolute atomic E-state index is 12.7. The van der Waals surface area contributed by atoms with Crippen molar-refractivity contribution in [2.45, 2.75) is 0 Å². The third-order valence-corrected chi connectivity index (χ3v) is 4.31. The number of hydrogen-bond donors (Lipinski definition) is 1. The molecule has 0 atom stereocenters. The van der Waals surface area contributed by atoms with Crippen LogP contribution in [0.2, 0.25) is 10.0 Å². The molecule has 0 aromatic heterocycles. The largest absolute Gasteiger partial charge is 0.335 e. The number of nitro groups is 1. The van der Waals surface area contributed by atoms with Crippen LogP contribution in [0, 0.1) is 10.1 Å². The molecule has 1 heterocycles. The Balaban J connectivity index is 2.09. The molecule has 3 rings (SSSR count). The Morgan fingerprint density at radius 1 is 1.04 bits per heavy atom. The first-order chi connectivity index (χ1) is 12.8. The minimum Gasteiger partial charge on any atom is -0.273 e. The molecular formula is C17H9Cl2N3O5. The van der Waals surface area contributed by atoms with Crippen molar-refractivity contribution in [3.05, 3.63) is 73.8 Å². The first kappa shape index (κ1) is 18.6. The molecule has 1 saturated heterocycles. The van der Waals surface area contributed by atoms with Crippen LogP contribution < -0.4 is 10.2 Å². The molecule has 2 aromatic carbocycles. The number of anilines is 1. The van der Waals surface area contributed by atoms with Crippen molar-refractivity contribution in [3.63, 3.8) is 0 Å². The number of hydrogen-bond acceptors (Lipinski definition) is 5. The van der Waals surface area contributed by atoms with E-state index < -0.39 is 34.0 Å². The van der Waals surface area contributed by atoms with Crippen LogP contribution in [0.4, 0.5) is 16.2 Å². The second kappa shape index (κ2) is 7.18. The summed E-state index contributed by atoms with van der Waals surface area (Å²) in [5.74, 6) is -1.82. The predicted octanol–water partition coefficient (Wildman–Crippen LogP) is 3.57. The van der Waals surface area contributed by atoms with Crippen LogP contribution in [0.3, 0.4) is 0 Å². The number of barbiturate groups is 1. The SMILES string of the molecule is O=C1NC(=O)N(c2ccccc2)C(=O)/C1=C\c1cc([N+](=O)[O-])c(Cl)cc1Cl. The normalized spacial score (nSPS) is 15.9. The molecule has 0 bridgehead atoms. The molecule has 136 valence electrons. The van der Waals surface area contributed by atoms with Gasteiger partial charge in [-0.15, -0.1) is 0 Å². The maximum Gasteiger partial charge on any atom is 0.335 e. The first-order valence-electron chi connectivity index (χ1n) is 7.39. The van der Waals surface area contributed by atoms with E-state index in [4.69, 9.17) is 23.2 Å². The summed E-state index contributed by atoms with van der Waals surface area (Å²) in [7, 11) is 0. The quantitative estimate of drug-likeness (QED) is 0.363. The summed E-state index contributed by atoms with van der Waals surface area (Å²) in [6.45, 7) is 0. The van der Waals surface area contributed by atoms with Gasteiger partial charge in [-0.25, -0.2) is 9.69 Å². The first-order valence-corrected chi connectivity index (χ1v) is 8.15. The van der Waals surface area contributed by atoms with Gasteiger partial charge in [0.15, 0.2) is 0 Å². The number of para-hydroxylation sites is 1. The van der Waals surface area contributed by atoms with E-state index in [0.717, 1.165) is 23.1 Å². The van der Waals surface area contributed by atoms with Gasteiger partial charge in [0.05, 0.1) is 10.6 Å². The zero-order valence-corrected chi connectivity index (χ0v) is 14.8. The molecule has 0 aliphatic carbocycles. The molecular weight excluding hydrogens is 397 g/mol. The van der Waals surface area contributed by atoms with E-state index in [0.29, 0.717) is 0 Å². The number of carbonyl (C=O) groups is 3. The van der Waals surface area contributed by atoms with Crippen LogP contribution in [0.5, 0.6) is 0 Å². The van der Waals surface area contributed by atoms with Crippen molar-refractivity contribution in [1.29, 1.82) is 0 Å². The lowest BCUT2D eigenvalue weighted by atomic mass is 10.1. The summed E-state index contributed by atoms with van der Waals surface area (Å²) in [5.41, 5.74) is -0.551. The van der Waals surface area contributed by atoms with E-state index in [2.05, 4.69) is 5.32 Å². The number of amides is 4. The highest BCUT2D eigenvalue weighted by Crippen LogP contribution is 2.32. The van der Waals surface area contributed by atoms with E-state index in [9.17, 15) is 24.5 Å². The Hall–Kier alpha value is -3.23. The van der Waals surface area contributed by atoms with Crippen molar-refractivity contribution in [1.82, 2.24) is 5.32 Å². The second-order valence-corrected chi connectivity index (χ2v) is 6.19. The predicted molar refractivity (Wildman–Crippen MR) is 98.6 cm³/mol. The topological polar surface area (TPSA) is 110 Å². The molecule has 1 aliphatic heterocycles. The molecule has 0 saturated carbocycles. The fraction of sp³-hybridized carbons (Fsp3) is 0. The van der Waals surface area contributed by atoms with Crippen LogP contribution in [-0.4, -0.2) is 22.8 Å². The molecule has 1 fully saturated rings. The number of nitrogens with zero attached hydrogens (tertiary/aromatic N) is 2. The summed E-state index contributed by atoms with van der Waals surface area (Å²) < 4.78 is 0. The number of nitro benzene ring substituents is 1. The van der Waals surface area contributed by atoms with Gasteiger partial charge in [0.2, 0.25) is 0 Å². The van der Waals surface area contributed by atoms with Gasteiger partial charge in [-0.2, -0.15) is 0 Å². The summed E-state index contributed by atoms with van der Waals surface area (Å²) in [6.07, 6.45) is 1.08. The lowest BCUT2D eigenvalue weighted by Crippen LogP contribution is -2.54. The number of imide groups is 2. The number of benzene rings is 2. The molecule has 2 aromatic rings. The van der Waals surface area contributed by atoms with E-state index in [1.54, 1.807) is 18.2 Å². The Morgan fingerprint density at radius 3 is 2.33 bits per heavy atom. The smallest absolute Gasteiger partial charge is 0.273 e. The molecule has 4 amide bonds. The van der Waals surface area contributed by atoms with Crippen molar-refractivity contribution >= 4 is 58.5 Å². The molecule has 27 heavy (non-hydrogen) atoms. The zero-order valence-electron chi connectivity index (χ0n) is 13.3. The molecule has 10 heteroatoms. The Morgan fingerprint density at radius 2 is 1.70 bits per heavy atom. The fourth-order valence-corrected chi connectivity index (χ4v) is 2.94. The molecule has 1 N–H and O–H groups in total. The van der Waals surface area contributed by atoms with Crippen LogP contribution in [0.1, 0.15) is 5.56 Å². The number of rotatable bonds is 3. The summed E-state index contributed by atoms with van der Waals surface area (Å²) in [4.78, 5) is 48.1. The highest BCUT2D eigenvalue weighted by Gasteiger charge is 2.37. The second-order valence-electron chi connectivity index (χ2n) is 5.38. The molecule has 8 nitrogen and oxygen atoms in total. The van der Waals surface area contributed by atoms with Gasteiger partial charge in [0, 0.05) is 16.7 Å². The average molecular weight is 406 g/mol. The lowest BCUT2D eigenvalue weighted by molar-refractivity contribution is -0.384. The number of urea groups is 1. The monoisotopic (exact) mass is 405 g/mol. The summed E-state index contributed by atoms with van der Waals surface area (Å²) in [5, 5.41) is 12.9. The van der Waals surface area contributed by atoms with Gasteiger partial charge in [-0.05, 0) is 24.3 Å². The number of nitrogens with one attached hydrogen (secondary N) is 1. The Bertz CT molecular complexity index is 1020. The molecule has 1 aliphatic rings. The molecule has 0 spiro atoms. The van der Waals surface area contributed by atoms with Gasteiger partial charge in [0.25, 0.3) is 17.5 Å². The molecule has 0 unspecified atom stereocenters. The van der Waals surface area contributed by atoms with E-state index in [1.807, 2.05) is 0 Å². The lowest BCUT2D eigenvalue weighted by Gasteiger charge is -2.26. The van der Waals surface area contributed by atoms with E-state index >= 15 is 0 Å². The highest BCUT2D eigenvalue weighted by molar-refractivity contribution is 6.40. The summed E-state index contributed by atoms with van der Waals surface area (Å²) >= 11 is 11.8. The van der Waals surface area contributed by atoms with Crippen LogP contribution in [0.15, 0.2) is 48.0 Å². The van der Waals surface area contributed by atoms with Crippen LogP contribution >= 0.6 is 23.2 Å². The van der Waals surface area contributed by atoms with Crippen molar-refractivity contribution in [2.75, 3.05) is 4.90 Å². The average Bonchev–Trinajstić information content (AvgIpc) is 2.60. The van der Waals surface area contributed by atoms with Crippen LogP contribution in [-0.2, 0) is 9.59 Å². The molecule has 0 radical (unpaired) electrons. The minimum absolute atomic E-state index is 0.00172. The Kier molecular flexibility index (Phi) is 4.93. The van der Waals surface area contributed by atoms with Crippen molar-refractivity contribution in [3.8, 4) is 0 Å². The minimum atomic E-state index is -0.939. The third kappa shape index (κ3) is 3.53. The standard InChI is InChI=1S/C17H9Cl2N3O5/c18-12-8-13(19)14(22(26)27)7-9(12)6-11-15(23)20-17(25)21(16(11)24)10-4-2-1-3-5-10/h1-8H,(H,20,23,25)/b11-6-. The third-order valence-electron chi connectivity index (χ3n) is 3.68. The zero-order chi connectivity index (χ0) is 19.7. The fourth-order valence-electron chi connectivity index (χ4n) is 2.43. The van der Waals surface area contributed by atoms with Gasteiger partial charge in [-0.3, -0.25) is 25.0 Å². The number of carbonyl (C=O) groups excluding carboxylic acids is 3. The summed E-state index contributed by atoms with van der Waals surface area (Å²) in [6, 6.07) is 9.26. The van der Waals surface area contributed by atoms with Gasteiger partial charge in [-0.1, -0.05) is 41.4 Å². The Labute approximate surface area is 162 Å². The van der Waals surface area contributed by atoms with Gasteiger partial charge >= 0.3 is 6.03 Å². The van der Waals surface area contributed by atoms with E-state index in [-0.39, 0.29) is 21.3 Å². The van der Waals surface area contributed by atoms with Gasteiger partial charge in [0.1, 0.15) is 10.6 Å². The van der Waals surface area contributed by atoms with Crippen molar-refractivity contribution in [2.24, 2.45) is 0 Å². The van der Waals surface area contributed by atoms with E-state index in [1.165, 1.54) is 12.1 Å².